The maximum absolute atomic E-state index is 11.8. The monoisotopic (exact) mass is 279 g/mol. The molecule has 0 spiro atoms. The lowest BCUT2D eigenvalue weighted by Crippen LogP contribution is -1.96. The second-order valence-electron chi connectivity index (χ2n) is 5.26. The number of pyridine rings is 1. The zero-order chi connectivity index (χ0) is 14.9. The summed E-state index contributed by atoms with van der Waals surface area (Å²) in [6.45, 7) is 2.07. The van der Waals surface area contributed by atoms with Crippen LogP contribution in [0.1, 0.15) is 29.5 Å². The van der Waals surface area contributed by atoms with E-state index in [0.717, 1.165) is 19.3 Å². The van der Waals surface area contributed by atoms with Gasteiger partial charge in [0.05, 0.1) is 0 Å². The van der Waals surface area contributed by atoms with Crippen LogP contribution in [0.15, 0.2) is 60.9 Å². The Balaban J connectivity index is 1.70. The van der Waals surface area contributed by atoms with Crippen molar-refractivity contribution in [3.8, 4) is 0 Å². The molecular formula is C19H21NO. The van der Waals surface area contributed by atoms with Crippen LogP contribution in [0.25, 0.3) is 0 Å². The summed E-state index contributed by atoms with van der Waals surface area (Å²) in [6.07, 6.45) is 10.5. The summed E-state index contributed by atoms with van der Waals surface area (Å²) in [7, 11) is 0. The van der Waals surface area contributed by atoms with Crippen molar-refractivity contribution in [2.45, 2.75) is 32.6 Å². The minimum absolute atomic E-state index is 0.197. The molecule has 1 aromatic carbocycles. The summed E-state index contributed by atoms with van der Waals surface area (Å²) in [6, 6.07) is 12.3. The third-order valence-electron chi connectivity index (χ3n) is 3.37. The summed E-state index contributed by atoms with van der Waals surface area (Å²) in [5.74, 6) is 0.197. The largest absolute Gasteiger partial charge is 0.295 e. The molecule has 0 saturated carbocycles. The van der Waals surface area contributed by atoms with Crippen LogP contribution in [0.3, 0.4) is 0 Å². The zero-order valence-corrected chi connectivity index (χ0v) is 12.5. The van der Waals surface area contributed by atoms with Crippen LogP contribution in [0, 0.1) is 6.92 Å². The van der Waals surface area contributed by atoms with Crippen molar-refractivity contribution in [1.82, 2.24) is 4.98 Å². The Hall–Kier alpha value is -2.22. The van der Waals surface area contributed by atoms with Gasteiger partial charge in [-0.05, 0) is 49.5 Å². The SMILES string of the molecule is Cc1cccc(CCC(=O)/C=C/CCc2cccnc2)c1. The van der Waals surface area contributed by atoms with Gasteiger partial charge in [0.25, 0.3) is 0 Å². The third kappa shape index (κ3) is 5.74. The summed E-state index contributed by atoms with van der Waals surface area (Å²) in [4.78, 5) is 15.9. The van der Waals surface area contributed by atoms with Crippen molar-refractivity contribution in [2.24, 2.45) is 0 Å². The standard InChI is InChI=1S/C19H21NO/c1-16-6-4-8-17(14-16)11-12-19(21)10-3-2-7-18-9-5-13-20-15-18/h3-6,8-10,13-15H,2,7,11-12H2,1H3/b10-3+. The first-order valence-corrected chi connectivity index (χ1v) is 7.38. The average Bonchev–Trinajstić information content (AvgIpc) is 2.51. The molecule has 2 nitrogen and oxygen atoms in total. The molecule has 2 aromatic rings. The van der Waals surface area contributed by atoms with Gasteiger partial charge in [0.15, 0.2) is 5.78 Å². The smallest absolute Gasteiger partial charge is 0.155 e. The first kappa shape index (κ1) is 15.2. The number of benzene rings is 1. The highest BCUT2D eigenvalue weighted by atomic mass is 16.1. The number of nitrogens with zero attached hydrogens (tertiary/aromatic N) is 1. The van der Waals surface area contributed by atoms with Gasteiger partial charge < -0.3 is 0 Å². The molecule has 0 radical (unpaired) electrons. The maximum Gasteiger partial charge on any atom is 0.155 e. The number of carbonyl (C=O) groups is 1. The zero-order valence-electron chi connectivity index (χ0n) is 12.5. The highest BCUT2D eigenvalue weighted by molar-refractivity contribution is 5.89. The van der Waals surface area contributed by atoms with Crippen molar-refractivity contribution >= 4 is 5.78 Å². The second-order valence-corrected chi connectivity index (χ2v) is 5.26. The van der Waals surface area contributed by atoms with Gasteiger partial charge in [-0.3, -0.25) is 9.78 Å². The van der Waals surface area contributed by atoms with Crippen molar-refractivity contribution in [3.63, 3.8) is 0 Å². The molecule has 0 fully saturated rings. The Morgan fingerprint density at radius 2 is 2.00 bits per heavy atom. The van der Waals surface area contributed by atoms with E-state index in [-0.39, 0.29) is 5.78 Å². The number of ketones is 1. The Kier molecular flexibility index (Phi) is 5.89. The lowest BCUT2D eigenvalue weighted by atomic mass is 10.0. The van der Waals surface area contributed by atoms with Crippen LogP contribution in [0.2, 0.25) is 0 Å². The fraction of sp³-hybridized carbons (Fsp3) is 0.263. The number of hydrogen-bond donors (Lipinski definition) is 0. The molecule has 2 rings (SSSR count). The lowest BCUT2D eigenvalue weighted by Gasteiger charge is -2.00. The van der Waals surface area contributed by atoms with Crippen LogP contribution < -0.4 is 0 Å². The van der Waals surface area contributed by atoms with E-state index in [4.69, 9.17) is 0 Å². The molecule has 0 aliphatic rings. The molecule has 2 heteroatoms. The minimum atomic E-state index is 0.197. The van der Waals surface area contributed by atoms with E-state index in [1.807, 2.05) is 24.4 Å². The Labute approximate surface area is 126 Å². The van der Waals surface area contributed by atoms with Gasteiger partial charge in [0, 0.05) is 18.8 Å². The van der Waals surface area contributed by atoms with Gasteiger partial charge in [-0.2, -0.15) is 0 Å². The Morgan fingerprint density at radius 1 is 1.14 bits per heavy atom. The van der Waals surface area contributed by atoms with Gasteiger partial charge >= 0.3 is 0 Å². The fourth-order valence-electron chi connectivity index (χ4n) is 2.23. The first-order valence-electron chi connectivity index (χ1n) is 7.38. The van der Waals surface area contributed by atoms with E-state index in [1.54, 1.807) is 12.3 Å². The molecule has 0 N–H and O–H groups in total. The topological polar surface area (TPSA) is 30.0 Å². The molecule has 0 aliphatic heterocycles. The molecular weight excluding hydrogens is 258 g/mol. The van der Waals surface area contributed by atoms with Crippen LogP contribution in [0.5, 0.6) is 0 Å². The summed E-state index contributed by atoms with van der Waals surface area (Å²) < 4.78 is 0. The summed E-state index contributed by atoms with van der Waals surface area (Å²) in [5.41, 5.74) is 3.67. The predicted molar refractivity (Wildman–Crippen MR) is 86.2 cm³/mol. The van der Waals surface area contributed by atoms with E-state index in [9.17, 15) is 4.79 Å². The molecule has 21 heavy (non-hydrogen) atoms. The van der Waals surface area contributed by atoms with Crippen LogP contribution in [-0.4, -0.2) is 10.8 Å². The average molecular weight is 279 g/mol. The highest BCUT2D eigenvalue weighted by Crippen LogP contribution is 2.07. The van der Waals surface area contributed by atoms with E-state index >= 15 is 0 Å². The van der Waals surface area contributed by atoms with Gasteiger partial charge in [0.2, 0.25) is 0 Å². The molecule has 0 amide bonds. The number of carbonyl (C=O) groups excluding carboxylic acids is 1. The second kappa shape index (κ2) is 8.15. The molecule has 0 unspecified atom stereocenters. The molecule has 0 atom stereocenters. The van der Waals surface area contributed by atoms with Gasteiger partial charge in [-0.1, -0.05) is 42.0 Å². The summed E-state index contributed by atoms with van der Waals surface area (Å²) in [5, 5.41) is 0. The lowest BCUT2D eigenvalue weighted by molar-refractivity contribution is -0.114. The molecule has 108 valence electrons. The molecule has 1 heterocycles. The number of allylic oxidation sites excluding steroid dienone is 2. The van der Waals surface area contributed by atoms with Crippen LogP contribution in [-0.2, 0) is 17.6 Å². The number of aromatic nitrogens is 1. The Bertz CT molecular complexity index is 602. The molecule has 0 aliphatic carbocycles. The predicted octanol–water partition coefficient (Wildman–Crippen LogP) is 4.08. The maximum atomic E-state index is 11.8. The van der Waals surface area contributed by atoms with Crippen molar-refractivity contribution in [3.05, 3.63) is 77.6 Å². The number of rotatable bonds is 7. The number of hydrogen-bond acceptors (Lipinski definition) is 2. The van der Waals surface area contributed by atoms with Crippen molar-refractivity contribution in [1.29, 1.82) is 0 Å². The first-order chi connectivity index (χ1) is 10.2. The van der Waals surface area contributed by atoms with E-state index in [2.05, 4.69) is 36.2 Å². The van der Waals surface area contributed by atoms with Gasteiger partial charge in [-0.25, -0.2) is 0 Å². The molecule has 0 bridgehead atoms. The third-order valence-corrected chi connectivity index (χ3v) is 3.37. The van der Waals surface area contributed by atoms with E-state index in [0.29, 0.717) is 6.42 Å². The number of aryl methyl sites for hydroxylation is 3. The van der Waals surface area contributed by atoms with Gasteiger partial charge in [-0.15, -0.1) is 0 Å². The summed E-state index contributed by atoms with van der Waals surface area (Å²) >= 11 is 0. The van der Waals surface area contributed by atoms with E-state index < -0.39 is 0 Å². The van der Waals surface area contributed by atoms with E-state index in [1.165, 1.54) is 16.7 Å². The Morgan fingerprint density at radius 3 is 2.76 bits per heavy atom. The van der Waals surface area contributed by atoms with Crippen LogP contribution in [0.4, 0.5) is 0 Å². The molecule has 0 saturated heterocycles. The minimum Gasteiger partial charge on any atom is -0.295 e. The van der Waals surface area contributed by atoms with Crippen LogP contribution >= 0.6 is 0 Å². The fourth-order valence-corrected chi connectivity index (χ4v) is 2.23. The highest BCUT2D eigenvalue weighted by Gasteiger charge is 1.99. The molecule has 1 aromatic heterocycles. The van der Waals surface area contributed by atoms with Crippen molar-refractivity contribution in [2.75, 3.05) is 0 Å². The quantitative estimate of drug-likeness (QED) is 0.715. The van der Waals surface area contributed by atoms with Crippen molar-refractivity contribution < 1.29 is 4.79 Å². The normalized spacial score (nSPS) is 10.9. The van der Waals surface area contributed by atoms with Gasteiger partial charge in [0.1, 0.15) is 0 Å².